The summed E-state index contributed by atoms with van der Waals surface area (Å²) in [6.07, 6.45) is 1.19. The van der Waals surface area contributed by atoms with Gasteiger partial charge < -0.3 is 5.32 Å². The zero-order valence-corrected chi connectivity index (χ0v) is 9.86. The molecular weight excluding hydrogens is 194 g/mol. The van der Waals surface area contributed by atoms with E-state index in [1.165, 1.54) is 12.0 Å². The van der Waals surface area contributed by atoms with Gasteiger partial charge in [0.2, 0.25) is 0 Å². The molecule has 0 heterocycles. The number of aryl methyl sites for hydroxylation is 1. The van der Waals surface area contributed by atoms with Crippen LogP contribution in [0, 0.1) is 12.8 Å². The van der Waals surface area contributed by atoms with Crippen LogP contribution in [0.3, 0.4) is 0 Å². The molecule has 1 nitrogen and oxygen atoms in total. The molecule has 0 fully saturated rings. The van der Waals surface area contributed by atoms with Crippen molar-refractivity contribution in [2.45, 2.75) is 27.2 Å². The van der Waals surface area contributed by atoms with E-state index in [2.05, 4.69) is 32.2 Å². The predicted octanol–water partition coefficient (Wildman–Crippen LogP) is 4.11. The molecule has 1 aromatic rings. The summed E-state index contributed by atoms with van der Waals surface area (Å²) in [5.41, 5.74) is 2.29. The lowest BCUT2D eigenvalue weighted by Gasteiger charge is -2.14. The molecule has 1 rings (SSSR count). The maximum atomic E-state index is 6.09. The van der Waals surface area contributed by atoms with Crippen LogP contribution in [0.4, 0.5) is 5.69 Å². The van der Waals surface area contributed by atoms with Crippen molar-refractivity contribution in [2.75, 3.05) is 11.9 Å². The summed E-state index contributed by atoms with van der Waals surface area (Å²) >= 11 is 6.09. The van der Waals surface area contributed by atoms with Crippen molar-refractivity contribution in [3.63, 3.8) is 0 Å². The summed E-state index contributed by atoms with van der Waals surface area (Å²) in [6.45, 7) is 7.50. The van der Waals surface area contributed by atoms with Gasteiger partial charge in [-0.1, -0.05) is 44.0 Å². The monoisotopic (exact) mass is 211 g/mol. The minimum atomic E-state index is 0.686. The van der Waals surface area contributed by atoms with Crippen molar-refractivity contribution < 1.29 is 0 Å². The quantitative estimate of drug-likeness (QED) is 0.791. The fourth-order valence-corrected chi connectivity index (χ4v) is 1.57. The highest BCUT2D eigenvalue weighted by Crippen LogP contribution is 2.25. The molecule has 1 atom stereocenters. The molecule has 1 N–H and O–H groups in total. The predicted molar refractivity (Wildman–Crippen MR) is 64.1 cm³/mol. The molecule has 2 heteroatoms. The average molecular weight is 212 g/mol. The van der Waals surface area contributed by atoms with Crippen LogP contribution in [0.2, 0.25) is 5.02 Å². The molecule has 14 heavy (non-hydrogen) atoms. The number of benzene rings is 1. The van der Waals surface area contributed by atoms with Gasteiger partial charge in [-0.15, -0.1) is 0 Å². The summed E-state index contributed by atoms with van der Waals surface area (Å²) in [5, 5.41) is 4.21. The molecule has 0 bridgehead atoms. The van der Waals surface area contributed by atoms with Crippen LogP contribution in [0.1, 0.15) is 25.8 Å². The minimum absolute atomic E-state index is 0.686. The molecule has 78 valence electrons. The summed E-state index contributed by atoms with van der Waals surface area (Å²) in [6, 6.07) is 5.98. The zero-order chi connectivity index (χ0) is 10.6. The Kier molecular flexibility index (Phi) is 4.27. The molecule has 0 aromatic heterocycles. The molecule has 0 spiro atoms. The number of nitrogens with one attached hydrogen (secondary N) is 1. The van der Waals surface area contributed by atoms with Crippen LogP contribution < -0.4 is 5.32 Å². The van der Waals surface area contributed by atoms with Crippen LogP contribution in [0.5, 0.6) is 0 Å². The highest BCUT2D eigenvalue weighted by atomic mass is 35.5. The second-order valence-corrected chi connectivity index (χ2v) is 4.23. The van der Waals surface area contributed by atoms with E-state index in [4.69, 9.17) is 11.6 Å². The van der Waals surface area contributed by atoms with Gasteiger partial charge in [0.25, 0.3) is 0 Å². The Morgan fingerprint density at radius 1 is 1.43 bits per heavy atom. The third-order valence-electron chi connectivity index (χ3n) is 2.55. The van der Waals surface area contributed by atoms with Gasteiger partial charge in [0, 0.05) is 6.54 Å². The number of para-hydroxylation sites is 1. The van der Waals surface area contributed by atoms with Gasteiger partial charge in [-0.05, 0) is 24.5 Å². The fourth-order valence-electron chi connectivity index (χ4n) is 1.28. The molecule has 0 saturated carbocycles. The van der Waals surface area contributed by atoms with Gasteiger partial charge >= 0.3 is 0 Å². The summed E-state index contributed by atoms with van der Waals surface area (Å²) in [5.74, 6) is 0.686. The highest BCUT2D eigenvalue weighted by molar-refractivity contribution is 6.33. The Labute approximate surface area is 91.5 Å². The Bertz CT molecular complexity index is 276. The molecule has 0 amide bonds. The third kappa shape index (κ3) is 2.91. The molecule has 0 radical (unpaired) electrons. The van der Waals surface area contributed by atoms with E-state index in [1.807, 2.05) is 12.1 Å². The molecule has 1 aromatic carbocycles. The standard InChI is InChI=1S/C12H18ClN/c1-4-9(2)8-14-12-10(3)6-5-7-11(12)13/h5-7,9,14H,4,8H2,1-3H3. The van der Waals surface area contributed by atoms with Crippen molar-refractivity contribution in [1.82, 2.24) is 0 Å². The Hall–Kier alpha value is -0.690. The lowest BCUT2D eigenvalue weighted by molar-refractivity contribution is 0.593. The van der Waals surface area contributed by atoms with Crippen LogP contribution in [-0.4, -0.2) is 6.54 Å². The van der Waals surface area contributed by atoms with Crippen molar-refractivity contribution in [2.24, 2.45) is 5.92 Å². The first-order valence-corrected chi connectivity index (χ1v) is 5.52. The lowest BCUT2D eigenvalue weighted by Crippen LogP contribution is -2.11. The van der Waals surface area contributed by atoms with E-state index in [1.54, 1.807) is 0 Å². The van der Waals surface area contributed by atoms with E-state index in [-0.39, 0.29) is 0 Å². The SMILES string of the molecule is CCC(C)CNc1c(C)cccc1Cl. The van der Waals surface area contributed by atoms with E-state index in [9.17, 15) is 0 Å². The van der Waals surface area contributed by atoms with Crippen LogP contribution in [0.15, 0.2) is 18.2 Å². The van der Waals surface area contributed by atoms with Gasteiger partial charge in [0.05, 0.1) is 10.7 Å². The molecule has 1 unspecified atom stereocenters. The smallest absolute Gasteiger partial charge is 0.0640 e. The second-order valence-electron chi connectivity index (χ2n) is 3.83. The molecule has 0 aliphatic carbocycles. The lowest BCUT2D eigenvalue weighted by atomic mass is 10.1. The third-order valence-corrected chi connectivity index (χ3v) is 2.86. The number of anilines is 1. The summed E-state index contributed by atoms with van der Waals surface area (Å²) < 4.78 is 0. The molecule has 0 aliphatic heterocycles. The Morgan fingerprint density at radius 3 is 2.71 bits per heavy atom. The topological polar surface area (TPSA) is 12.0 Å². The zero-order valence-electron chi connectivity index (χ0n) is 9.10. The highest BCUT2D eigenvalue weighted by Gasteiger charge is 2.04. The van der Waals surface area contributed by atoms with Gasteiger partial charge in [0.1, 0.15) is 0 Å². The van der Waals surface area contributed by atoms with Gasteiger partial charge in [-0.25, -0.2) is 0 Å². The number of hydrogen-bond acceptors (Lipinski definition) is 1. The van der Waals surface area contributed by atoms with Crippen LogP contribution in [0.25, 0.3) is 0 Å². The summed E-state index contributed by atoms with van der Waals surface area (Å²) in [4.78, 5) is 0. The van der Waals surface area contributed by atoms with Crippen LogP contribution >= 0.6 is 11.6 Å². The van der Waals surface area contributed by atoms with Crippen molar-refractivity contribution in [3.05, 3.63) is 28.8 Å². The molecular formula is C12H18ClN. The number of rotatable bonds is 4. The van der Waals surface area contributed by atoms with Gasteiger partial charge in [-0.3, -0.25) is 0 Å². The van der Waals surface area contributed by atoms with Gasteiger partial charge in [0.15, 0.2) is 0 Å². The van der Waals surface area contributed by atoms with E-state index in [0.717, 1.165) is 17.3 Å². The average Bonchev–Trinajstić information content (AvgIpc) is 2.16. The minimum Gasteiger partial charge on any atom is -0.383 e. The van der Waals surface area contributed by atoms with Crippen molar-refractivity contribution >= 4 is 17.3 Å². The largest absolute Gasteiger partial charge is 0.383 e. The van der Waals surface area contributed by atoms with E-state index < -0.39 is 0 Å². The molecule has 0 saturated heterocycles. The summed E-state index contributed by atoms with van der Waals surface area (Å²) in [7, 11) is 0. The molecule has 0 aliphatic rings. The Balaban J connectivity index is 2.66. The number of halogens is 1. The first kappa shape index (κ1) is 11.4. The normalized spacial score (nSPS) is 12.6. The van der Waals surface area contributed by atoms with Gasteiger partial charge in [-0.2, -0.15) is 0 Å². The maximum Gasteiger partial charge on any atom is 0.0640 e. The number of hydrogen-bond donors (Lipinski definition) is 1. The first-order chi connectivity index (χ1) is 6.65. The van der Waals surface area contributed by atoms with E-state index >= 15 is 0 Å². The fraction of sp³-hybridized carbons (Fsp3) is 0.500. The first-order valence-electron chi connectivity index (χ1n) is 5.14. The maximum absolute atomic E-state index is 6.09. The van der Waals surface area contributed by atoms with Crippen molar-refractivity contribution in [1.29, 1.82) is 0 Å². The van der Waals surface area contributed by atoms with E-state index in [0.29, 0.717) is 5.92 Å². The Morgan fingerprint density at radius 2 is 2.14 bits per heavy atom. The second kappa shape index (κ2) is 5.26. The van der Waals surface area contributed by atoms with Crippen LogP contribution in [-0.2, 0) is 0 Å². The van der Waals surface area contributed by atoms with Crippen molar-refractivity contribution in [3.8, 4) is 0 Å².